The van der Waals surface area contributed by atoms with Gasteiger partial charge in [-0.15, -0.1) is 0 Å². The van der Waals surface area contributed by atoms with E-state index in [2.05, 4.69) is 0 Å². The van der Waals surface area contributed by atoms with Gasteiger partial charge in [0.05, 0.1) is 15.6 Å². The second-order valence-corrected chi connectivity index (χ2v) is 6.81. The Morgan fingerprint density at radius 3 is 2.52 bits per heavy atom. The number of likely N-dealkylation sites (tertiary alicyclic amines) is 1. The van der Waals surface area contributed by atoms with Crippen molar-refractivity contribution in [2.24, 2.45) is 5.92 Å². The molecular weight excluding hydrogens is 312 g/mol. The van der Waals surface area contributed by atoms with Gasteiger partial charge in [-0.05, 0) is 43.7 Å². The summed E-state index contributed by atoms with van der Waals surface area (Å²) < 4.78 is 13.6. The molecule has 1 saturated heterocycles. The summed E-state index contributed by atoms with van der Waals surface area (Å²) in [6.45, 7) is 0.737. The number of hydrogen-bond acceptors (Lipinski definition) is 1. The van der Waals surface area contributed by atoms with Gasteiger partial charge in [-0.1, -0.05) is 36.0 Å². The van der Waals surface area contributed by atoms with Gasteiger partial charge in [0, 0.05) is 12.6 Å². The Morgan fingerprint density at radius 1 is 1.10 bits per heavy atom. The van der Waals surface area contributed by atoms with Crippen LogP contribution >= 0.6 is 23.2 Å². The van der Waals surface area contributed by atoms with E-state index in [1.54, 1.807) is 0 Å². The van der Waals surface area contributed by atoms with Crippen LogP contribution in [-0.4, -0.2) is 23.4 Å². The lowest BCUT2D eigenvalue weighted by atomic mass is 9.95. The van der Waals surface area contributed by atoms with E-state index in [1.165, 1.54) is 31.7 Å². The Hall–Kier alpha value is -0.800. The van der Waals surface area contributed by atoms with E-state index in [0.717, 1.165) is 25.5 Å². The molecule has 0 aromatic heterocycles. The Balaban J connectivity index is 1.85. The van der Waals surface area contributed by atoms with Gasteiger partial charge in [0.25, 0.3) is 5.91 Å². The Kier molecular flexibility index (Phi) is 4.41. The number of amides is 1. The molecule has 0 spiro atoms. The minimum absolute atomic E-state index is 0.0506. The first-order valence-electron chi connectivity index (χ1n) is 7.53. The van der Waals surface area contributed by atoms with E-state index in [-0.39, 0.29) is 27.6 Å². The highest BCUT2D eigenvalue weighted by Crippen LogP contribution is 2.37. The van der Waals surface area contributed by atoms with Crippen molar-refractivity contribution in [3.05, 3.63) is 33.6 Å². The molecule has 3 rings (SSSR count). The van der Waals surface area contributed by atoms with Gasteiger partial charge in [0.15, 0.2) is 0 Å². The van der Waals surface area contributed by atoms with E-state index in [4.69, 9.17) is 23.2 Å². The Bertz CT molecular complexity index is 557. The first-order valence-corrected chi connectivity index (χ1v) is 8.29. The molecule has 2 nitrogen and oxygen atoms in total. The quantitative estimate of drug-likeness (QED) is 0.704. The van der Waals surface area contributed by atoms with Crippen LogP contribution in [0.15, 0.2) is 12.1 Å². The maximum Gasteiger partial charge on any atom is 0.255 e. The predicted octanol–water partition coefficient (Wildman–Crippen LogP) is 4.93. The van der Waals surface area contributed by atoms with Crippen molar-refractivity contribution >= 4 is 29.1 Å². The van der Waals surface area contributed by atoms with Gasteiger partial charge in [-0.25, -0.2) is 4.39 Å². The third-order valence-electron chi connectivity index (χ3n) is 4.74. The van der Waals surface area contributed by atoms with Gasteiger partial charge in [0.1, 0.15) is 5.82 Å². The van der Waals surface area contributed by atoms with Gasteiger partial charge in [0.2, 0.25) is 0 Å². The largest absolute Gasteiger partial charge is 0.335 e. The average molecular weight is 330 g/mol. The predicted molar refractivity (Wildman–Crippen MR) is 82.4 cm³/mol. The van der Waals surface area contributed by atoms with Crippen LogP contribution in [0.1, 0.15) is 48.9 Å². The van der Waals surface area contributed by atoms with Crippen LogP contribution in [0.3, 0.4) is 0 Å². The zero-order chi connectivity index (χ0) is 15.0. The molecule has 1 aliphatic heterocycles. The van der Waals surface area contributed by atoms with Crippen LogP contribution in [0.4, 0.5) is 4.39 Å². The Labute approximate surface area is 134 Å². The Morgan fingerprint density at radius 2 is 1.81 bits per heavy atom. The van der Waals surface area contributed by atoms with Crippen LogP contribution in [0, 0.1) is 11.7 Å². The number of carbonyl (C=O) groups excluding carboxylic acids is 1. The van der Waals surface area contributed by atoms with Gasteiger partial charge in [-0.3, -0.25) is 4.79 Å². The molecule has 2 fully saturated rings. The summed E-state index contributed by atoms with van der Waals surface area (Å²) in [7, 11) is 0. The third-order valence-corrected chi connectivity index (χ3v) is 5.35. The smallest absolute Gasteiger partial charge is 0.255 e. The van der Waals surface area contributed by atoms with Crippen molar-refractivity contribution in [1.29, 1.82) is 0 Å². The van der Waals surface area contributed by atoms with Crippen LogP contribution < -0.4 is 0 Å². The zero-order valence-electron chi connectivity index (χ0n) is 11.7. The molecule has 21 heavy (non-hydrogen) atoms. The maximum absolute atomic E-state index is 13.6. The summed E-state index contributed by atoms with van der Waals surface area (Å²) in [5.41, 5.74) is 0.225. The maximum atomic E-state index is 13.6. The van der Waals surface area contributed by atoms with Gasteiger partial charge < -0.3 is 4.90 Å². The number of rotatable bonds is 2. The van der Waals surface area contributed by atoms with Crippen molar-refractivity contribution < 1.29 is 9.18 Å². The van der Waals surface area contributed by atoms with E-state index in [0.29, 0.717) is 5.92 Å². The summed E-state index contributed by atoms with van der Waals surface area (Å²) in [4.78, 5) is 14.6. The summed E-state index contributed by atoms with van der Waals surface area (Å²) in [5.74, 6) is -0.168. The summed E-state index contributed by atoms with van der Waals surface area (Å²) in [6.07, 6.45) is 6.94. The standard InChI is InChI=1S/C16H18Cl2FNO/c17-12-9-13(18)14(19)8-11(12)16(21)20-7-3-6-15(20)10-4-1-2-5-10/h8-10,15H,1-7H2. The molecule has 1 aromatic carbocycles. The van der Waals surface area contributed by atoms with Crippen LogP contribution in [0.5, 0.6) is 0 Å². The molecule has 1 atom stereocenters. The SMILES string of the molecule is O=C(c1cc(F)c(Cl)cc1Cl)N1CCCC1C1CCCC1. The average Bonchev–Trinajstić information content (AvgIpc) is 3.11. The molecule has 1 aliphatic carbocycles. The number of hydrogen-bond donors (Lipinski definition) is 0. The summed E-state index contributed by atoms with van der Waals surface area (Å²) >= 11 is 11.8. The minimum atomic E-state index is -0.596. The highest BCUT2D eigenvalue weighted by Gasteiger charge is 2.36. The van der Waals surface area contributed by atoms with Crippen LogP contribution in [0.2, 0.25) is 10.0 Å². The molecule has 0 N–H and O–H groups in total. The molecule has 5 heteroatoms. The topological polar surface area (TPSA) is 20.3 Å². The fraction of sp³-hybridized carbons (Fsp3) is 0.562. The fourth-order valence-corrected chi connectivity index (χ4v) is 4.18. The molecule has 1 aromatic rings. The third kappa shape index (κ3) is 2.91. The molecule has 1 amide bonds. The lowest BCUT2D eigenvalue weighted by Crippen LogP contribution is -2.39. The van der Waals surface area contributed by atoms with Crippen LogP contribution in [0.25, 0.3) is 0 Å². The molecular formula is C16H18Cl2FNO. The van der Waals surface area contributed by atoms with Crippen molar-refractivity contribution in [2.45, 2.75) is 44.6 Å². The molecule has 0 bridgehead atoms. The van der Waals surface area contributed by atoms with E-state index >= 15 is 0 Å². The molecule has 114 valence electrons. The fourth-order valence-electron chi connectivity index (χ4n) is 3.72. The first kappa shape index (κ1) is 15.1. The van der Waals surface area contributed by atoms with Crippen molar-refractivity contribution in [3.63, 3.8) is 0 Å². The van der Waals surface area contributed by atoms with E-state index in [9.17, 15) is 9.18 Å². The molecule has 1 heterocycles. The van der Waals surface area contributed by atoms with E-state index < -0.39 is 5.82 Å². The highest BCUT2D eigenvalue weighted by molar-refractivity contribution is 6.36. The normalized spacial score (nSPS) is 23.0. The molecule has 1 saturated carbocycles. The molecule has 1 unspecified atom stereocenters. The van der Waals surface area contributed by atoms with Gasteiger partial charge in [-0.2, -0.15) is 0 Å². The summed E-state index contributed by atoms with van der Waals surface area (Å²) in [5, 5.41) is 0.175. The van der Waals surface area contributed by atoms with Gasteiger partial charge >= 0.3 is 0 Å². The minimum Gasteiger partial charge on any atom is -0.335 e. The monoisotopic (exact) mass is 329 g/mol. The number of nitrogens with zero attached hydrogens (tertiary/aromatic N) is 1. The zero-order valence-corrected chi connectivity index (χ0v) is 13.3. The lowest BCUT2D eigenvalue weighted by molar-refractivity contribution is 0.0689. The molecule has 2 aliphatic rings. The molecule has 0 radical (unpaired) electrons. The second-order valence-electron chi connectivity index (χ2n) is 6.00. The number of carbonyl (C=O) groups is 1. The van der Waals surface area contributed by atoms with Crippen molar-refractivity contribution in [3.8, 4) is 0 Å². The van der Waals surface area contributed by atoms with Crippen molar-refractivity contribution in [2.75, 3.05) is 6.54 Å². The number of benzene rings is 1. The van der Waals surface area contributed by atoms with Crippen LogP contribution in [-0.2, 0) is 0 Å². The highest BCUT2D eigenvalue weighted by atomic mass is 35.5. The van der Waals surface area contributed by atoms with E-state index in [1.807, 2.05) is 4.90 Å². The number of halogens is 3. The first-order chi connectivity index (χ1) is 10.1. The van der Waals surface area contributed by atoms with Crippen molar-refractivity contribution in [1.82, 2.24) is 4.90 Å². The second kappa shape index (κ2) is 6.13. The summed E-state index contributed by atoms with van der Waals surface area (Å²) in [6, 6.07) is 2.76. The lowest BCUT2D eigenvalue weighted by Gasteiger charge is -2.29.